The fourth-order valence-electron chi connectivity index (χ4n) is 1.66. The third kappa shape index (κ3) is 4.95. The number of rotatable bonds is 6. The van der Waals surface area contributed by atoms with Crippen LogP contribution in [0.15, 0.2) is 58.0 Å². The number of hydrogen-bond donors (Lipinski definition) is 2. The van der Waals surface area contributed by atoms with Crippen LogP contribution < -0.4 is 11.3 Å². The summed E-state index contributed by atoms with van der Waals surface area (Å²) in [6.45, 7) is 0. The van der Waals surface area contributed by atoms with Gasteiger partial charge in [0.2, 0.25) is 0 Å². The maximum Gasteiger partial charge on any atom is 0.0420 e. The molecule has 0 radical (unpaired) electrons. The van der Waals surface area contributed by atoms with Gasteiger partial charge >= 0.3 is 0 Å². The summed E-state index contributed by atoms with van der Waals surface area (Å²) in [5.41, 5.74) is 3.90. The molecule has 0 saturated heterocycles. The molecule has 1 atom stereocenters. The van der Waals surface area contributed by atoms with Crippen LogP contribution in [0.25, 0.3) is 0 Å². The van der Waals surface area contributed by atoms with E-state index in [1.165, 1.54) is 4.90 Å². The lowest BCUT2D eigenvalue weighted by atomic mass is 10.2. The first-order chi connectivity index (χ1) is 9.28. The summed E-state index contributed by atoms with van der Waals surface area (Å²) in [5, 5.41) is 0. The van der Waals surface area contributed by atoms with Crippen LogP contribution in [0.5, 0.6) is 0 Å². The summed E-state index contributed by atoms with van der Waals surface area (Å²) in [6.07, 6.45) is 2.64. The highest BCUT2D eigenvalue weighted by molar-refractivity contribution is 9.10. The van der Waals surface area contributed by atoms with E-state index in [-0.39, 0.29) is 6.04 Å². The lowest BCUT2D eigenvalue weighted by Gasteiger charge is -2.15. The third-order valence-electron chi connectivity index (χ3n) is 2.67. The van der Waals surface area contributed by atoms with E-state index in [1.807, 2.05) is 36.5 Å². The minimum atomic E-state index is 0.207. The smallest absolute Gasteiger partial charge is 0.0420 e. The van der Waals surface area contributed by atoms with Gasteiger partial charge in [0.25, 0.3) is 0 Å². The Morgan fingerprint density at radius 1 is 1.21 bits per heavy atom. The van der Waals surface area contributed by atoms with Gasteiger partial charge in [0.15, 0.2) is 0 Å². The number of halogens is 1. The first kappa shape index (κ1) is 14.5. The molecule has 1 unspecified atom stereocenters. The lowest BCUT2D eigenvalue weighted by molar-refractivity contribution is 0.569. The van der Waals surface area contributed by atoms with E-state index in [0.717, 1.165) is 22.3 Å². The second-order valence-corrected chi connectivity index (χ2v) is 6.17. The molecule has 3 nitrogen and oxygen atoms in total. The molecule has 0 bridgehead atoms. The zero-order chi connectivity index (χ0) is 13.5. The number of hydrazine groups is 1. The Kier molecular flexibility index (Phi) is 5.85. The fourth-order valence-corrected chi connectivity index (χ4v) is 2.85. The molecule has 2 aromatic rings. The van der Waals surface area contributed by atoms with E-state index < -0.39 is 0 Å². The molecule has 0 aliphatic rings. The van der Waals surface area contributed by atoms with Crippen molar-refractivity contribution in [3.8, 4) is 0 Å². The number of aromatic nitrogens is 1. The molecule has 19 heavy (non-hydrogen) atoms. The minimum Gasteiger partial charge on any atom is -0.271 e. The largest absolute Gasteiger partial charge is 0.271 e. The van der Waals surface area contributed by atoms with Crippen molar-refractivity contribution in [3.05, 3.63) is 58.8 Å². The first-order valence-electron chi connectivity index (χ1n) is 6.02. The maximum absolute atomic E-state index is 5.61. The highest BCUT2D eigenvalue weighted by Gasteiger charge is 2.09. The summed E-state index contributed by atoms with van der Waals surface area (Å²) < 4.78 is 0.993. The van der Waals surface area contributed by atoms with E-state index in [2.05, 4.69) is 38.5 Å². The Morgan fingerprint density at radius 3 is 2.63 bits per heavy atom. The number of benzene rings is 1. The van der Waals surface area contributed by atoms with E-state index in [9.17, 15) is 0 Å². The van der Waals surface area contributed by atoms with Gasteiger partial charge in [-0.3, -0.25) is 16.3 Å². The van der Waals surface area contributed by atoms with E-state index >= 15 is 0 Å². The van der Waals surface area contributed by atoms with Crippen molar-refractivity contribution in [2.24, 2.45) is 5.84 Å². The molecule has 0 amide bonds. The van der Waals surface area contributed by atoms with Crippen LogP contribution in [-0.2, 0) is 6.42 Å². The van der Waals surface area contributed by atoms with Gasteiger partial charge in [-0.05, 0) is 40.2 Å². The Labute approximate surface area is 126 Å². The monoisotopic (exact) mass is 337 g/mol. The van der Waals surface area contributed by atoms with Crippen molar-refractivity contribution < 1.29 is 0 Å². The molecule has 0 aliphatic carbocycles. The molecular formula is C14H16BrN3S. The Balaban J connectivity index is 1.88. The molecule has 0 spiro atoms. The molecule has 100 valence electrons. The molecule has 0 saturated carbocycles. The van der Waals surface area contributed by atoms with Gasteiger partial charge in [-0.2, -0.15) is 0 Å². The molecule has 2 rings (SSSR count). The third-order valence-corrected chi connectivity index (χ3v) is 4.32. The van der Waals surface area contributed by atoms with E-state index in [0.29, 0.717) is 0 Å². The van der Waals surface area contributed by atoms with Crippen molar-refractivity contribution >= 4 is 27.7 Å². The molecule has 0 fully saturated rings. The summed E-state index contributed by atoms with van der Waals surface area (Å²) in [6, 6.07) is 14.6. The van der Waals surface area contributed by atoms with Gasteiger partial charge in [-0.15, -0.1) is 11.8 Å². The number of nitrogens with one attached hydrogen (secondary N) is 1. The maximum atomic E-state index is 5.61. The molecule has 1 heterocycles. The average Bonchev–Trinajstić information content (AvgIpc) is 2.46. The first-order valence-corrected chi connectivity index (χ1v) is 7.80. The van der Waals surface area contributed by atoms with Crippen LogP contribution in [0.3, 0.4) is 0 Å². The molecule has 3 N–H and O–H groups in total. The van der Waals surface area contributed by atoms with Crippen molar-refractivity contribution in [3.63, 3.8) is 0 Å². The molecule has 0 aliphatic heterocycles. The van der Waals surface area contributed by atoms with Crippen molar-refractivity contribution in [2.75, 3.05) is 5.75 Å². The Hall–Kier alpha value is -0.880. The van der Waals surface area contributed by atoms with Crippen LogP contribution in [-0.4, -0.2) is 16.8 Å². The zero-order valence-corrected chi connectivity index (χ0v) is 12.8. The van der Waals surface area contributed by atoms with Crippen molar-refractivity contribution in [2.45, 2.75) is 17.4 Å². The lowest BCUT2D eigenvalue weighted by Crippen LogP contribution is -2.38. The normalized spacial score (nSPS) is 12.3. The second kappa shape index (κ2) is 7.65. The van der Waals surface area contributed by atoms with Crippen LogP contribution in [0.2, 0.25) is 0 Å². The van der Waals surface area contributed by atoms with Crippen LogP contribution >= 0.6 is 27.7 Å². The number of nitrogens with zero attached hydrogens (tertiary/aromatic N) is 1. The summed E-state index contributed by atoms with van der Waals surface area (Å²) in [4.78, 5) is 5.63. The zero-order valence-electron chi connectivity index (χ0n) is 10.4. The van der Waals surface area contributed by atoms with Gasteiger partial charge in [0, 0.05) is 39.5 Å². The van der Waals surface area contributed by atoms with Gasteiger partial charge in [-0.1, -0.05) is 18.2 Å². The van der Waals surface area contributed by atoms with Crippen LogP contribution in [0.4, 0.5) is 0 Å². The van der Waals surface area contributed by atoms with Gasteiger partial charge in [0.05, 0.1) is 0 Å². The van der Waals surface area contributed by atoms with Gasteiger partial charge in [0.1, 0.15) is 0 Å². The number of nitrogens with two attached hydrogens (primary N) is 1. The molecule has 5 heteroatoms. The summed E-state index contributed by atoms with van der Waals surface area (Å²) in [5.74, 6) is 6.53. The molecule has 1 aromatic carbocycles. The van der Waals surface area contributed by atoms with Crippen molar-refractivity contribution in [1.29, 1.82) is 0 Å². The number of pyridine rings is 1. The predicted molar refractivity (Wildman–Crippen MR) is 83.9 cm³/mol. The van der Waals surface area contributed by atoms with Crippen LogP contribution in [0.1, 0.15) is 5.69 Å². The quantitative estimate of drug-likeness (QED) is 0.483. The average molecular weight is 338 g/mol. The Morgan fingerprint density at radius 2 is 2.00 bits per heavy atom. The summed E-state index contributed by atoms with van der Waals surface area (Å²) in [7, 11) is 0. The SMILES string of the molecule is NNC(CSc1ccccc1)Cc1ccc(Br)cn1. The number of hydrogen-bond acceptors (Lipinski definition) is 4. The van der Waals surface area contributed by atoms with E-state index in [4.69, 9.17) is 5.84 Å². The number of thioether (sulfide) groups is 1. The second-order valence-electron chi connectivity index (χ2n) is 4.16. The van der Waals surface area contributed by atoms with Crippen molar-refractivity contribution in [1.82, 2.24) is 10.4 Å². The minimum absolute atomic E-state index is 0.207. The fraction of sp³-hybridized carbons (Fsp3) is 0.214. The standard InChI is InChI=1S/C14H16BrN3S/c15-11-6-7-12(17-9-11)8-13(18-16)10-19-14-4-2-1-3-5-14/h1-7,9,13,18H,8,10,16H2. The van der Waals surface area contributed by atoms with E-state index in [1.54, 1.807) is 11.8 Å². The van der Waals surface area contributed by atoms with Gasteiger partial charge < -0.3 is 0 Å². The van der Waals surface area contributed by atoms with Gasteiger partial charge in [-0.25, -0.2) is 0 Å². The Bertz CT molecular complexity index is 490. The van der Waals surface area contributed by atoms with Crippen LogP contribution in [0, 0.1) is 0 Å². The molecule has 1 aromatic heterocycles. The summed E-state index contributed by atoms with van der Waals surface area (Å²) >= 11 is 5.18. The highest BCUT2D eigenvalue weighted by atomic mass is 79.9. The highest BCUT2D eigenvalue weighted by Crippen LogP contribution is 2.19. The predicted octanol–water partition coefficient (Wildman–Crippen LogP) is 3.01. The topological polar surface area (TPSA) is 50.9 Å². The molecular weight excluding hydrogens is 322 g/mol.